The van der Waals surface area contributed by atoms with E-state index in [1.54, 1.807) is 18.2 Å². The van der Waals surface area contributed by atoms with E-state index in [-0.39, 0.29) is 12.2 Å². The van der Waals surface area contributed by atoms with Crippen molar-refractivity contribution >= 4 is 33.7 Å². The van der Waals surface area contributed by atoms with Crippen molar-refractivity contribution in [3.63, 3.8) is 0 Å². The second-order valence-electron chi connectivity index (χ2n) is 6.50. The highest BCUT2D eigenvalue weighted by atomic mass is 79.9. The average molecular weight is 371 g/mol. The summed E-state index contributed by atoms with van der Waals surface area (Å²) in [4.78, 5) is 34.7. The number of carbonyl (C=O) groups is 3. The third-order valence-electron chi connectivity index (χ3n) is 3.48. The number of hydrogen-bond acceptors (Lipinski definition) is 3. The fraction of sp³-hybridized carbons (Fsp3) is 0.438. The largest absolute Gasteiger partial charge is 0.480 e. The topological polar surface area (TPSA) is 91.7 Å². The van der Waals surface area contributed by atoms with Crippen LogP contribution in [-0.4, -0.2) is 27.9 Å². The van der Waals surface area contributed by atoms with Crippen molar-refractivity contribution < 1.29 is 24.6 Å². The summed E-state index contributed by atoms with van der Waals surface area (Å²) in [6.45, 7) is 6.59. The molecule has 22 heavy (non-hydrogen) atoms. The summed E-state index contributed by atoms with van der Waals surface area (Å²) in [6.07, 6.45) is -0.178. The van der Waals surface area contributed by atoms with Crippen molar-refractivity contribution in [3.05, 3.63) is 33.8 Å². The lowest BCUT2D eigenvalue weighted by atomic mass is 9.82. The second-order valence-corrected chi connectivity index (χ2v) is 7.36. The molecule has 0 saturated carbocycles. The summed E-state index contributed by atoms with van der Waals surface area (Å²) in [6, 6.07) is 4.79. The van der Waals surface area contributed by atoms with Crippen molar-refractivity contribution in [1.82, 2.24) is 0 Å². The highest BCUT2D eigenvalue weighted by Gasteiger charge is 2.42. The molecular formula is C16H19BrO5. The maximum atomic E-state index is 12.2. The molecule has 0 bridgehead atoms. The lowest BCUT2D eigenvalue weighted by Gasteiger charge is -2.21. The van der Waals surface area contributed by atoms with Crippen molar-refractivity contribution in [2.75, 3.05) is 0 Å². The molecule has 0 unspecified atom stereocenters. The van der Waals surface area contributed by atoms with Gasteiger partial charge in [-0.05, 0) is 18.6 Å². The molecule has 1 aromatic carbocycles. The first-order valence-electron chi connectivity index (χ1n) is 6.69. The predicted octanol–water partition coefficient (Wildman–Crippen LogP) is 3.40. The molecule has 0 radical (unpaired) electrons. The Hall–Kier alpha value is -1.69. The van der Waals surface area contributed by atoms with Gasteiger partial charge in [-0.1, -0.05) is 48.8 Å². The van der Waals surface area contributed by atoms with Crippen LogP contribution < -0.4 is 0 Å². The molecule has 0 amide bonds. The Morgan fingerprint density at radius 3 is 1.91 bits per heavy atom. The number of carboxylic acid groups (broad SMARTS) is 2. The van der Waals surface area contributed by atoms with Gasteiger partial charge in [0.1, 0.15) is 0 Å². The molecule has 120 valence electrons. The normalized spacial score (nSPS) is 12.0. The third kappa shape index (κ3) is 3.74. The van der Waals surface area contributed by atoms with Crippen molar-refractivity contribution in [2.45, 2.75) is 34.1 Å². The Kier molecular flexibility index (Phi) is 5.18. The van der Waals surface area contributed by atoms with Crippen molar-refractivity contribution in [3.8, 4) is 0 Å². The van der Waals surface area contributed by atoms with Crippen LogP contribution >= 0.6 is 15.9 Å². The van der Waals surface area contributed by atoms with Gasteiger partial charge in [-0.15, -0.1) is 0 Å². The van der Waals surface area contributed by atoms with E-state index >= 15 is 0 Å². The zero-order chi connectivity index (χ0) is 17.3. The fourth-order valence-electron chi connectivity index (χ4n) is 1.89. The first-order valence-corrected chi connectivity index (χ1v) is 7.49. The van der Waals surface area contributed by atoms with Crippen molar-refractivity contribution in [2.24, 2.45) is 10.8 Å². The number of ketones is 1. The van der Waals surface area contributed by atoms with Crippen LogP contribution in [0.3, 0.4) is 0 Å². The number of aliphatic carboxylic acids is 2. The molecule has 0 aliphatic heterocycles. The van der Waals surface area contributed by atoms with Gasteiger partial charge in [0, 0.05) is 21.9 Å². The van der Waals surface area contributed by atoms with Crippen LogP contribution in [0.2, 0.25) is 0 Å². The van der Waals surface area contributed by atoms with Gasteiger partial charge in [0.15, 0.2) is 11.2 Å². The molecule has 0 aromatic heterocycles. The zero-order valence-electron chi connectivity index (χ0n) is 12.9. The number of rotatable bonds is 5. The van der Waals surface area contributed by atoms with Crippen LogP contribution in [-0.2, 0) is 16.0 Å². The van der Waals surface area contributed by atoms with E-state index in [0.29, 0.717) is 15.6 Å². The lowest BCUT2D eigenvalue weighted by molar-refractivity contribution is -0.163. The summed E-state index contributed by atoms with van der Waals surface area (Å²) in [5, 5.41) is 18.3. The number of carbonyl (C=O) groups excluding carboxylic acids is 1. The Balaban J connectivity index is 3.18. The van der Waals surface area contributed by atoms with E-state index in [4.69, 9.17) is 10.2 Å². The summed E-state index contributed by atoms with van der Waals surface area (Å²) >= 11 is 3.30. The van der Waals surface area contributed by atoms with E-state index in [2.05, 4.69) is 15.9 Å². The fourth-order valence-corrected chi connectivity index (χ4v) is 2.41. The molecule has 0 fully saturated rings. The minimum Gasteiger partial charge on any atom is -0.480 e. The van der Waals surface area contributed by atoms with Gasteiger partial charge in [0.05, 0.1) is 0 Å². The van der Waals surface area contributed by atoms with Gasteiger partial charge < -0.3 is 10.2 Å². The molecule has 0 heterocycles. The van der Waals surface area contributed by atoms with Crippen molar-refractivity contribution in [1.29, 1.82) is 0 Å². The van der Waals surface area contributed by atoms with Gasteiger partial charge in [0.2, 0.25) is 0 Å². The van der Waals surface area contributed by atoms with Crippen LogP contribution in [0.1, 0.15) is 43.6 Å². The summed E-state index contributed by atoms with van der Waals surface area (Å²) in [5.41, 5.74) is -1.43. The second kappa shape index (κ2) is 6.20. The highest BCUT2D eigenvalue weighted by molar-refractivity contribution is 9.10. The number of benzene rings is 1. The Morgan fingerprint density at radius 1 is 1.05 bits per heavy atom. The number of halogens is 1. The number of carboxylic acids is 2. The van der Waals surface area contributed by atoms with E-state index < -0.39 is 22.8 Å². The van der Waals surface area contributed by atoms with E-state index in [1.807, 2.05) is 20.8 Å². The molecule has 0 aliphatic rings. The molecule has 0 saturated heterocycles. The molecule has 6 heteroatoms. The number of Topliss-reactive ketones (excluding diaryl/α,β-unsaturated/α-hetero) is 1. The molecule has 5 nitrogen and oxygen atoms in total. The van der Waals surface area contributed by atoms with Crippen LogP contribution in [0.15, 0.2) is 22.7 Å². The monoisotopic (exact) mass is 370 g/mol. The van der Waals surface area contributed by atoms with E-state index in [9.17, 15) is 14.4 Å². The first-order chi connectivity index (χ1) is 9.89. The molecular weight excluding hydrogens is 352 g/mol. The smallest absolute Gasteiger partial charge is 0.321 e. The molecule has 0 spiro atoms. The van der Waals surface area contributed by atoms with Crippen LogP contribution in [0.5, 0.6) is 0 Å². The molecule has 0 aliphatic carbocycles. The van der Waals surface area contributed by atoms with Gasteiger partial charge >= 0.3 is 11.9 Å². The summed E-state index contributed by atoms with van der Waals surface area (Å²) < 4.78 is 0.524. The quantitative estimate of drug-likeness (QED) is 0.612. The maximum absolute atomic E-state index is 12.2. The van der Waals surface area contributed by atoms with Gasteiger partial charge in [0.25, 0.3) is 0 Å². The molecule has 0 atom stereocenters. The SMILES string of the molecule is CC(C)(C)C(=O)c1ccc(CC(C)(C(=O)O)C(=O)O)c(Br)c1. The van der Waals surface area contributed by atoms with Gasteiger partial charge in [-0.3, -0.25) is 14.4 Å². The van der Waals surface area contributed by atoms with Crippen LogP contribution in [0.25, 0.3) is 0 Å². The molecule has 1 rings (SSSR count). The van der Waals surface area contributed by atoms with E-state index in [1.165, 1.54) is 6.92 Å². The number of hydrogen-bond donors (Lipinski definition) is 2. The van der Waals surface area contributed by atoms with Gasteiger partial charge in [-0.25, -0.2) is 0 Å². The Labute approximate surface area is 137 Å². The predicted molar refractivity (Wildman–Crippen MR) is 85.0 cm³/mol. The standard InChI is InChI=1S/C16H19BrO5/c1-15(2,3)12(18)9-5-6-10(11(17)7-9)8-16(4,13(19)20)14(21)22/h5-7H,8H2,1-4H3,(H,19,20)(H,21,22). The average Bonchev–Trinajstić information content (AvgIpc) is 2.38. The highest BCUT2D eigenvalue weighted by Crippen LogP contribution is 2.30. The van der Waals surface area contributed by atoms with E-state index in [0.717, 1.165) is 0 Å². The van der Waals surface area contributed by atoms with Crippen LogP contribution in [0, 0.1) is 10.8 Å². The summed E-state index contributed by atoms with van der Waals surface area (Å²) in [7, 11) is 0. The van der Waals surface area contributed by atoms with Gasteiger partial charge in [-0.2, -0.15) is 0 Å². The maximum Gasteiger partial charge on any atom is 0.321 e. The minimum atomic E-state index is -1.92. The zero-order valence-corrected chi connectivity index (χ0v) is 14.5. The summed E-state index contributed by atoms with van der Waals surface area (Å²) in [5.74, 6) is -2.84. The minimum absolute atomic E-state index is 0.0426. The molecule has 1 aromatic rings. The Bertz CT molecular complexity index is 614. The van der Waals surface area contributed by atoms with Crippen LogP contribution in [0.4, 0.5) is 0 Å². The first kappa shape index (κ1) is 18.4. The lowest BCUT2D eigenvalue weighted by Crippen LogP contribution is -2.38. The molecule has 2 N–H and O–H groups in total. The Morgan fingerprint density at radius 2 is 1.55 bits per heavy atom. The third-order valence-corrected chi connectivity index (χ3v) is 4.22.